The highest BCUT2D eigenvalue weighted by Gasteiger charge is 2.24. The normalized spacial score (nSPS) is 13.6. The maximum atomic E-state index is 12.4. The molecule has 6 nitrogen and oxygen atoms in total. The third kappa shape index (κ3) is 34.0. The molecule has 0 spiro atoms. The van der Waals surface area contributed by atoms with Gasteiger partial charge in [-0.1, -0.05) is 179 Å². The lowest BCUT2D eigenvalue weighted by Gasteiger charge is -2.21. The van der Waals surface area contributed by atoms with Crippen LogP contribution in [0.1, 0.15) is 194 Å². The third-order valence-electron chi connectivity index (χ3n) is 8.63. The molecule has 1 amide bonds. The molecule has 3 N–H and O–H groups in total. The van der Waals surface area contributed by atoms with Crippen LogP contribution in [0.15, 0.2) is 24.3 Å². The van der Waals surface area contributed by atoms with Crippen molar-refractivity contribution >= 4 is 16.0 Å². The lowest BCUT2D eigenvalue weighted by molar-refractivity contribution is -0.122. The van der Waals surface area contributed by atoms with Crippen LogP contribution in [0.5, 0.6) is 0 Å². The van der Waals surface area contributed by atoms with Crippen LogP contribution in [-0.2, 0) is 14.9 Å². The Morgan fingerprint density at radius 2 is 0.956 bits per heavy atom. The van der Waals surface area contributed by atoms with Crippen molar-refractivity contribution in [1.29, 1.82) is 0 Å². The molecule has 266 valence electrons. The molecule has 0 saturated carbocycles. The molecule has 45 heavy (non-hydrogen) atoms. The fraction of sp³-hybridized carbons (Fsp3) is 0.868. The molecule has 0 heterocycles. The summed E-state index contributed by atoms with van der Waals surface area (Å²) in [6.45, 7) is 4.50. The Morgan fingerprint density at radius 3 is 1.40 bits per heavy atom. The van der Waals surface area contributed by atoms with Crippen molar-refractivity contribution < 1.29 is 22.9 Å². The SMILES string of the molecule is CCCCCCCCCCCCCCC/C=C/CC/C=C/C(O)C(CS(=O)(=O)O)NC(=O)CCCCCCCCCCCCC. The molecule has 0 aromatic rings. The summed E-state index contributed by atoms with van der Waals surface area (Å²) >= 11 is 0. The fourth-order valence-electron chi connectivity index (χ4n) is 5.76. The molecule has 0 aromatic carbocycles. The Labute approximate surface area is 279 Å². The topological polar surface area (TPSA) is 104 Å². The number of allylic oxidation sites excluding steroid dienone is 3. The standard InChI is InChI=1S/C38H73NO5S/c1-3-5-7-9-11-13-15-16-17-18-19-20-21-22-24-25-27-29-31-33-37(40)36(35-45(42,43)44)39-38(41)34-32-30-28-26-23-14-12-10-8-6-4-2/h24-25,31,33,36-37,40H,3-23,26-30,32,34-35H2,1-2H3,(H,39,41)(H,42,43,44)/b25-24+,33-31+. The number of unbranched alkanes of at least 4 members (excludes halogenated alkanes) is 24. The van der Waals surface area contributed by atoms with Crippen molar-refractivity contribution in [3.05, 3.63) is 24.3 Å². The van der Waals surface area contributed by atoms with E-state index in [1.165, 1.54) is 141 Å². The van der Waals surface area contributed by atoms with Gasteiger partial charge in [0.15, 0.2) is 0 Å². The van der Waals surface area contributed by atoms with E-state index in [-0.39, 0.29) is 5.91 Å². The van der Waals surface area contributed by atoms with Gasteiger partial charge in [0.1, 0.15) is 0 Å². The number of amides is 1. The summed E-state index contributed by atoms with van der Waals surface area (Å²) in [4.78, 5) is 12.4. The highest BCUT2D eigenvalue weighted by molar-refractivity contribution is 7.85. The number of aliphatic hydroxyl groups excluding tert-OH is 1. The molecule has 2 unspecified atom stereocenters. The number of carbonyl (C=O) groups is 1. The Morgan fingerprint density at radius 1 is 0.578 bits per heavy atom. The van der Waals surface area contributed by atoms with E-state index < -0.39 is 28.0 Å². The minimum atomic E-state index is -4.34. The van der Waals surface area contributed by atoms with Gasteiger partial charge < -0.3 is 10.4 Å². The Bertz CT molecular complexity index is 811. The number of aliphatic hydroxyl groups is 1. The highest BCUT2D eigenvalue weighted by Crippen LogP contribution is 2.14. The molecule has 0 rings (SSSR count). The lowest BCUT2D eigenvalue weighted by Crippen LogP contribution is -2.46. The second-order valence-electron chi connectivity index (χ2n) is 13.2. The summed E-state index contributed by atoms with van der Waals surface area (Å²) in [5.74, 6) is -0.996. The molecule has 2 atom stereocenters. The summed E-state index contributed by atoms with van der Waals surface area (Å²) in [5.41, 5.74) is 0. The van der Waals surface area contributed by atoms with Crippen LogP contribution < -0.4 is 5.32 Å². The first-order valence-corrected chi connectivity index (χ1v) is 20.6. The highest BCUT2D eigenvalue weighted by atomic mass is 32.2. The van der Waals surface area contributed by atoms with Crippen molar-refractivity contribution in [1.82, 2.24) is 5.32 Å². The first-order valence-electron chi connectivity index (χ1n) is 19.0. The van der Waals surface area contributed by atoms with E-state index in [0.29, 0.717) is 6.42 Å². The third-order valence-corrected chi connectivity index (χ3v) is 9.41. The first-order chi connectivity index (χ1) is 21.8. The average Bonchev–Trinajstić information content (AvgIpc) is 3.00. The van der Waals surface area contributed by atoms with Crippen LogP contribution in [0, 0.1) is 0 Å². The van der Waals surface area contributed by atoms with Crippen LogP contribution in [0.3, 0.4) is 0 Å². The fourth-order valence-corrected chi connectivity index (χ4v) is 6.49. The van der Waals surface area contributed by atoms with Crippen LogP contribution in [0.2, 0.25) is 0 Å². The van der Waals surface area contributed by atoms with E-state index >= 15 is 0 Å². The van der Waals surface area contributed by atoms with Crippen LogP contribution in [-0.4, -0.2) is 41.9 Å². The van der Waals surface area contributed by atoms with Crippen molar-refractivity contribution in [2.24, 2.45) is 0 Å². The van der Waals surface area contributed by atoms with Gasteiger partial charge in [-0.05, 0) is 32.1 Å². The van der Waals surface area contributed by atoms with Crippen LogP contribution in [0.4, 0.5) is 0 Å². The zero-order chi connectivity index (χ0) is 33.3. The quantitative estimate of drug-likeness (QED) is 0.0363. The van der Waals surface area contributed by atoms with E-state index in [1.54, 1.807) is 0 Å². The minimum Gasteiger partial charge on any atom is -0.387 e. The Hall–Kier alpha value is -1.18. The number of hydrogen-bond donors (Lipinski definition) is 3. The smallest absolute Gasteiger partial charge is 0.267 e. The number of nitrogens with one attached hydrogen (secondary N) is 1. The van der Waals surface area contributed by atoms with Gasteiger partial charge in [-0.25, -0.2) is 0 Å². The molecule has 0 saturated heterocycles. The molecule has 0 aromatic heterocycles. The molecule has 0 aliphatic rings. The molecule has 0 aliphatic carbocycles. The molecule has 0 fully saturated rings. The Kier molecular flexibility index (Phi) is 31.9. The van der Waals surface area contributed by atoms with Gasteiger partial charge in [-0.3, -0.25) is 9.35 Å². The van der Waals surface area contributed by atoms with Gasteiger partial charge in [0.25, 0.3) is 10.1 Å². The molecule has 7 heteroatoms. The average molecular weight is 656 g/mol. The maximum absolute atomic E-state index is 12.4. The van der Waals surface area contributed by atoms with E-state index in [4.69, 9.17) is 0 Å². The maximum Gasteiger partial charge on any atom is 0.267 e. The minimum absolute atomic E-state index is 0.289. The van der Waals surface area contributed by atoms with Crippen molar-refractivity contribution in [2.75, 3.05) is 5.75 Å². The number of carbonyl (C=O) groups excluding carboxylic acids is 1. The van der Waals surface area contributed by atoms with Gasteiger partial charge in [0.2, 0.25) is 5.91 Å². The second kappa shape index (κ2) is 32.7. The first kappa shape index (κ1) is 43.8. The van der Waals surface area contributed by atoms with Gasteiger partial charge in [-0.15, -0.1) is 0 Å². The lowest BCUT2D eigenvalue weighted by atomic mass is 10.0. The van der Waals surface area contributed by atoms with Gasteiger partial charge in [0, 0.05) is 6.42 Å². The second-order valence-corrected chi connectivity index (χ2v) is 14.7. The zero-order valence-corrected chi connectivity index (χ0v) is 30.3. The van der Waals surface area contributed by atoms with E-state index in [0.717, 1.165) is 38.5 Å². The zero-order valence-electron chi connectivity index (χ0n) is 29.5. The summed E-state index contributed by atoms with van der Waals surface area (Å²) in [6, 6.07) is -1.07. The summed E-state index contributed by atoms with van der Waals surface area (Å²) < 4.78 is 32.3. The van der Waals surface area contributed by atoms with Gasteiger partial charge in [0.05, 0.1) is 17.9 Å². The Balaban J connectivity index is 3.98. The van der Waals surface area contributed by atoms with Crippen molar-refractivity contribution in [2.45, 2.75) is 206 Å². The van der Waals surface area contributed by atoms with Crippen molar-refractivity contribution in [3.63, 3.8) is 0 Å². The summed E-state index contributed by atoms with van der Waals surface area (Å²) in [7, 11) is -4.34. The van der Waals surface area contributed by atoms with Gasteiger partial charge in [-0.2, -0.15) is 8.42 Å². The number of hydrogen-bond acceptors (Lipinski definition) is 4. The van der Waals surface area contributed by atoms with Crippen LogP contribution >= 0.6 is 0 Å². The summed E-state index contributed by atoms with van der Waals surface area (Å²) in [6.07, 6.45) is 40.2. The summed E-state index contributed by atoms with van der Waals surface area (Å²) in [5, 5.41) is 13.2. The van der Waals surface area contributed by atoms with E-state index in [2.05, 4.69) is 31.3 Å². The number of rotatable bonds is 34. The van der Waals surface area contributed by atoms with Crippen molar-refractivity contribution in [3.8, 4) is 0 Å². The van der Waals surface area contributed by atoms with E-state index in [9.17, 15) is 22.9 Å². The molecule has 0 aliphatic heterocycles. The van der Waals surface area contributed by atoms with E-state index in [1.807, 2.05) is 6.08 Å². The molecule has 0 bridgehead atoms. The predicted octanol–water partition coefficient (Wildman–Crippen LogP) is 10.8. The molecular formula is C38H73NO5S. The van der Waals surface area contributed by atoms with Gasteiger partial charge >= 0.3 is 0 Å². The van der Waals surface area contributed by atoms with Crippen LogP contribution in [0.25, 0.3) is 0 Å². The largest absolute Gasteiger partial charge is 0.387 e. The molecule has 0 radical (unpaired) electrons. The predicted molar refractivity (Wildman–Crippen MR) is 193 cm³/mol. The molecular weight excluding hydrogens is 582 g/mol. The monoisotopic (exact) mass is 656 g/mol.